The van der Waals surface area contributed by atoms with E-state index in [-0.39, 0.29) is 19.1 Å². The number of aliphatic hydroxyl groups is 1. The average Bonchev–Trinajstić information content (AvgIpc) is 2.66. The summed E-state index contributed by atoms with van der Waals surface area (Å²) in [5, 5.41) is 9.78. The number of carbonyl (C=O) groups excluding carboxylic acids is 2. The molecule has 17 heavy (non-hydrogen) atoms. The molecule has 0 aromatic heterocycles. The quantitative estimate of drug-likeness (QED) is 0.574. The normalized spacial score (nSPS) is 23.8. The predicted molar refractivity (Wildman–Crippen MR) is 60.1 cm³/mol. The molecule has 1 saturated carbocycles. The molecular formula is C12H20O5. The molecule has 1 N–H and O–H groups in total. The highest BCUT2D eigenvalue weighted by molar-refractivity contribution is 5.95. The lowest BCUT2D eigenvalue weighted by atomic mass is 9.89. The third kappa shape index (κ3) is 3.43. The minimum absolute atomic E-state index is 0.220. The summed E-state index contributed by atoms with van der Waals surface area (Å²) in [5.74, 6) is -2.52. The van der Waals surface area contributed by atoms with Crippen LogP contribution in [0.2, 0.25) is 0 Å². The maximum absolute atomic E-state index is 11.8. The van der Waals surface area contributed by atoms with Crippen molar-refractivity contribution in [3.8, 4) is 0 Å². The van der Waals surface area contributed by atoms with Gasteiger partial charge in [-0.3, -0.25) is 9.59 Å². The van der Waals surface area contributed by atoms with Gasteiger partial charge in [-0.15, -0.1) is 0 Å². The van der Waals surface area contributed by atoms with Crippen LogP contribution in [0.15, 0.2) is 0 Å². The summed E-state index contributed by atoms with van der Waals surface area (Å²) in [7, 11) is 0. The van der Waals surface area contributed by atoms with Gasteiger partial charge in [0.15, 0.2) is 5.92 Å². The Morgan fingerprint density at radius 1 is 1.18 bits per heavy atom. The molecule has 1 aliphatic carbocycles. The SMILES string of the molecule is CCOC(=O)C(C(=O)OCC)C1CCCC1O. The van der Waals surface area contributed by atoms with Crippen molar-refractivity contribution in [1.29, 1.82) is 0 Å². The minimum atomic E-state index is -0.979. The number of ether oxygens (including phenoxy) is 2. The number of hydrogen-bond donors (Lipinski definition) is 1. The van der Waals surface area contributed by atoms with Gasteiger partial charge in [-0.25, -0.2) is 0 Å². The van der Waals surface area contributed by atoms with Crippen molar-refractivity contribution in [2.24, 2.45) is 11.8 Å². The minimum Gasteiger partial charge on any atom is -0.465 e. The molecule has 0 aromatic rings. The van der Waals surface area contributed by atoms with E-state index in [4.69, 9.17) is 9.47 Å². The molecule has 1 aliphatic rings. The van der Waals surface area contributed by atoms with E-state index < -0.39 is 24.0 Å². The van der Waals surface area contributed by atoms with Crippen molar-refractivity contribution >= 4 is 11.9 Å². The third-order valence-electron chi connectivity index (χ3n) is 3.04. The standard InChI is InChI=1S/C12H20O5/c1-3-16-11(14)10(12(15)17-4-2)8-6-5-7-9(8)13/h8-10,13H,3-7H2,1-2H3. The Labute approximate surface area is 101 Å². The number of hydrogen-bond acceptors (Lipinski definition) is 5. The van der Waals surface area contributed by atoms with Crippen LogP contribution in [-0.4, -0.2) is 36.4 Å². The topological polar surface area (TPSA) is 72.8 Å². The van der Waals surface area contributed by atoms with Crippen LogP contribution in [0.1, 0.15) is 33.1 Å². The van der Waals surface area contributed by atoms with Crippen LogP contribution in [0.5, 0.6) is 0 Å². The molecule has 0 heterocycles. The summed E-state index contributed by atoms with van der Waals surface area (Å²) in [5.41, 5.74) is 0. The zero-order valence-electron chi connectivity index (χ0n) is 10.3. The van der Waals surface area contributed by atoms with Gasteiger partial charge in [-0.1, -0.05) is 6.42 Å². The van der Waals surface area contributed by atoms with E-state index >= 15 is 0 Å². The molecular weight excluding hydrogens is 224 g/mol. The molecule has 0 aliphatic heterocycles. The van der Waals surface area contributed by atoms with Crippen LogP contribution in [0.4, 0.5) is 0 Å². The van der Waals surface area contributed by atoms with Crippen molar-refractivity contribution < 1.29 is 24.2 Å². The molecule has 98 valence electrons. The first kappa shape index (κ1) is 14.0. The maximum atomic E-state index is 11.8. The van der Waals surface area contributed by atoms with E-state index in [1.54, 1.807) is 13.8 Å². The van der Waals surface area contributed by atoms with Gasteiger partial charge in [0.1, 0.15) is 0 Å². The van der Waals surface area contributed by atoms with Gasteiger partial charge in [-0.2, -0.15) is 0 Å². The molecule has 1 rings (SSSR count). The van der Waals surface area contributed by atoms with Crippen molar-refractivity contribution in [2.45, 2.75) is 39.2 Å². The van der Waals surface area contributed by atoms with E-state index in [9.17, 15) is 14.7 Å². The first-order valence-electron chi connectivity index (χ1n) is 6.13. The average molecular weight is 244 g/mol. The summed E-state index contributed by atoms with van der Waals surface area (Å²) in [4.78, 5) is 23.5. The lowest BCUT2D eigenvalue weighted by Crippen LogP contribution is -2.37. The molecule has 2 unspecified atom stereocenters. The summed E-state index contributed by atoms with van der Waals surface area (Å²) in [6.07, 6.45) is 1.48. The van der Waals surface area contributed by atoms with Gasteiger partial charge in [0.05, 0.1) is 19.3 Å². The molecule has 1 fully saturated rings. The molecule has 5 heteroatoms. The van der Waals surface area contributed by atoms with E-state index in [1.165, 1.54) is 0 Å². The molecule has 0 bridgehead atoms. The fraction of sp³-hybridized carbons (Fsp3) is 0.833. The molecule has 0 aromatic carbocycles. The Kier molecular flexibility index (Phi) is 5.41. The molecule has 0 spiro atoms. The number of rotatable bonds is 5. The zero-order chi connectivity index (χ0) is 12.8. The van der Waals surface area contributed by atoms with Gasteiger partial charge in [0.2, 0.25) is 0 Å². The van der Waals surface area contributed by atoms with E-state index in [1.807, 2.05) is 0 Å². The van der Waals surface area contributed by atoms with Gasteiger partial charge in [-0.05, 0) is 26.7 Å². The predicted octanol–water partition coefficient (Wildman–Crippen LogP) is 0.890. The first-order chi connectivity index (χ1) is 8.11. The Morgan fingerprint density at radius 2 is 1.71 bits per heavy atom. The maximum Gasteiger partial charge on any atom is 0.320 e. The van der Waals surface area contributed by atoms with E-state index in [0.717, 1.165) is 6.42 Å². The highest BCUT2D eigenvalue weighted by atomic mass is 16.6. The van der Waals surface area contributed by atoms with Crippen molar-refractivity contribution in [1.82, 2.24) is 0 Å². The van der Waals surface area contributed by atoms with Gasteiger partial charge >= 0.3 is 11.9 Å². The van der Waals surface area contributed by atoms with Crippen LogP contribution < -0.4 is 0 Å². The summed E-state index contributed by atoms with van der Waals surface area (Å²) >= 11 is 0. The smallest absolute Gasteiger partial charge is 0.320 e. The molecule has 2 atom stereocenters. The summed E-state index contributed by atoms with van der Waals surface area (Å²) in [6.45, 7) is 3.81. The van der Waals surface area contributed by atoms with Gasteiger partial charge < -0.3 is 14.6 Å². The Morgan fingerprint density at radius 3 is 2.06 bits per heavy atom. The fourth-order valence-corrected chi connectivity index (χ4v) is 2.27. The molecule has 5 nitrogen and oxygen atoms in total. The van der Waals surface area contributed by atoms with Crippen molar-refractivity contribution in [2.75, 3.05) is 13.2 Å². The molecule has 0 amide bonds. The van der Waals surface area contributed by atoms with Crippen molar-refractivity contribution in [3.05, 3.63) is 0 Å². The van der Waals surface area contributed by atoms with Crippen LogP contribution in [0.25, 0.3) is 0 Å². The lowest BCUT2D eigenvalue weighted by Gasteiger charge is -2.22. The molecule has 0 saturated heterocycles. The largest absolute Gasteiger partial charge is 0.465 e. The van der Waals surface area contributed by atoms with E-state index in [0.29, 0.717) is 12.8 Å². The second-order valence-electron chi connectivity index (χ2n) is 4.14. The van der Waals surface area contributed by atoms with Crippen LogP contribution in [0, 0.1) is 11.8 Å². The first-order valence-corrected chi connectivity index (χ1v) is 6.13. The third-order valence-corrected chi connectivity index (χ3v) is 3.04. The molecule has 0 radical (unpaired) electrons. The highest BCUT2D eigenvalue weighted by Gasteiger charge is 2.43. The Hall–Kier alpha value is -1.10. The van der Waals surface area contributed by atoms with Crippen LogP contribution in [0.3, 0.4) is 0 Å². The number of esters is 2. The Balaban J connectivity index is 2.77. The van der Waals surface area contributed by atoms with Crippen LogP contribution in [-0.2, 0) is 19.1 Å². The highest BCUT2D eigenvalue weighted by Crippen LogP contribution is 2.33. The lowest BCUT2D eigenvalue weighted by molar-refractivity contribution is -0.166. The Bertz CT molecular complexity index is 258. The second-order valence-corrected chi connectivity index (χ2v) is 4.14. The van der Waals surface area contributed by atoms with Crippen molar-refractivity contribution in [3.63, 3.8) is 0 Å². The fourth-order valence-electron chi connectivity index (χ4n) is 2.27. The van der Waals surface area contributed by atoms with Gasteiger partial charge in [0, 0.05) is 5.92 Å². The monoisotopic (exact) mass is 244 g/mol. The van der Waals surface area contributed by atoms with Crippen LogP contribution >= 0.6 is 0 Å². The summed E-state index contributed by atoms with van der Waals surface area (Å²) < 4.78 is 9.76. The second kappa shape index (κ2) is 6.59. The zero-order valence-corrected chi connectivity index (χ0v) is 10.3. The van der Waals surface area contributed by atoms with E-state index in [2.05, 4.69) is 0 Å². The summed E-state index contributed by atoms with van der Waals surface area (Å²) in [6, 6.07) is 0. The number of aliphatic hydroxyl groups excluding tert-OH is 1. The number of carbonyl (C=O) groups is 2. The van der Waals surface area contributed by atoms with Gasteiger partial charge in [0.25, 0.3) is 0 Å².